The van der Waals surface area contributed by atoms with E-state index in [1.54, 1.807) is 6.07 Å². The van der Waals surface area contributed by atoms with Crippen molar-refractivity contribution >= 4 is 29.5 Å². The van der Waals surface area contributed by atoms with Crippen LogP contribution in [-0.4, -0.2) is 36.4 Å². The highest BCUT2D eigenvalue weighted by atomic mass is 35.5. The first-order chi connectivity index (χ1) is 13.5. The molecular formula is C20H22Cl2F2O4. The van der Waals surface area contributed by atoms with Crippen molar-refractivity contribution in [2.24, 2.45) is 0 Å². The maximum atomic E-state index is 13.2. The Balaban J connectivity index is 0.000000280. The van der Waals surface area contributed by atoms with Gasteiger partial charge in [0.15, 0.2) is 23.1 Å². The van der Waals surface area contributed by atoms with Crippen molar-refractivity contribution in [3.63, 3.8) is 0 Å². The summed E-state index contributed by atoms with van der Waals surface area (Å²) in [6.07, 6.45) is 1.94. The van der Waals surface area contributed by atoms with E-state index in [0.29, 0.717) is 55.2 Å². The summed E-state index contributed by atoms with van der Waals surface area (Å²) in [5.41, 5.74) is 0.833. The van der Waals surface area contributed by atoms with Crippen LogP contribution in [0.25, 0.3) is 0 Å². The second kappa shape index (κ2) is 14.2. The predicted molar refractivity (Wildman–Crippen MR) is 106 cm³/mol. The van der Waals surface area contributed by atoms with Crippen molar-refractivity contribution < 1.29 is 28.2 Å². The first-order valence-corrected chi connectivity index (χ1v) is 9.64. The van der Waals surface area contributed by atoms with Crippen LogP contribution in [0.4, 0.5) is 8.78 Å². The van der Waals surface area contributed by atoms with E-state index in [4.69, 9.17) is 37.8 Å². The third kappa shape index (κ3) is 8.87. The fourth-order valence-corrected chi connectivity index (χ4v) is 2.16. The molecule has 2 rings (SSSR count). The Morgan fingerprint density at radius 3 is 1.86 bits per heavy atom. The first-order valence-electron chi connectivity index (χ1n) is 8.57. The summed E-state index contributed by atoms with van der Waals surface area (Å²) in [7, 11) is 0. The van der Waals surface area contributed by atoms with E-state index in [0.717, 1.165) is 6.07 Å². The highest BCUT2D eigenvalue weighted by Crippen LogP contribution is 2.19. The number of hydrogen-bond acceptors (Lipinski definition) is 4. The summed E-state index contributed by atoms with van der Waals surface area (Å²) in [4.78, 5) is 10.3. The number of benzene rings is 2. The highest BCUT2D eigenvalue weighted by Gasteiger charge is 2.04. The normalized spacial score (nSPS) is 10.0. The van der Waals surface area contributed by atoms with Gasteiger partial charge in [0.25, 0.3) is 0 Å². The molecule has 154 valence electrons. The van der Waals surface area contributed by atoms with Crippen LogP contribution in [0.1, 0.15) is 28.8 Å². The Labute approximate surface area is 173 Å². The lowest BCUT2D eigenvalue weighted by Crippen LogP contribution is -2.00. The Bertz CT molecular complexity index is 729. The summed E-state index contributed by atoms with van der Waals surface area (Å²) in [6, 6.07) is 8.48. The van der Waals surface area contributed by atoms with E-state index < -0.39 is 11.6 Å². The van der Waals surface area contributed by atoms with Gasteiger partial charge in [-0.3, -0.25) is 4.79 Å². The third-order valence-corrected chi connectivity index (χ3v) is 3.88. The van der Waals surface area contributed by atoms with Gasteiger partial charge >= 0.3 is 0 Å². The minimum absolute atomic E-state index is 0.153. The van der Waals surface area contributed by atoms with Gasteiger partial charge < -0.3 is 14.6 Å². The zero-order valence-electron chi connectivity index (χ0n) is 15.2. The van der Waals surface area contributed by atoms with E-state index in [9.17, 15) is 13.6 Å². The quantitative estimate of drug-likeness (QED) is 0.325. The van der Waals surface area contributed by atoms with Gasteiger partial charge in [-0.2, -0.15) is 0 Å². The van der Waals surface area contributed by atoms with Crippen molar-refractivity contribution in [1.29, 1.82) is 0 Å². The number of halogens is 4. The molecule has 28 heavy (non-hydrogen) atoms. The molecule has 0 amide bonds. The van der Waals surface area contributed by atoms with Gasteiger partial charge in [0, 0.05) is 17.3 Å². The fourth-order valence-electron chi connectivity index (χ4n) is 1.94. The number of carbonyl (C=O) groups excluding carboxylic acids is 1. The zero-order chi connectivity index (χ0) is 20.8. The molecule has 0 aliphatic rings. The van der Waals surface area contributed by atoms with Crippen molar-refractivity contribution in [3.05, 3.63) is 59.2 Å². The smallest absolute Gasteiger partial charge is 0.165 e. The van der Waals surface area contributed by atoms with E-state index >= 15 is 0 Å². The van der Waals surface area contributed by atoms with Crippen molar-refractivity contribution in [2.75, 3.05) is 25.0 Å². The van der Waals surface area contributed by atoms with Crippen LogP contribution >= 0.6 is 23.2 Å². The average molecular weight is 435 g/mol. The van der Waals surface area contributed by atoms with Crippen LogP contribution in [0.5, 0.6) is 11.5 Å². The molecule has 0 heterocycles. The lowest BCUT2D eigenvalue weighted by Gasteiger charge is -2.06. The lowest BCUT2D eigenvalue weighted by molar-refractivity contribution is 0.112. The van der Waals surface area contributed by atoms with Crippen molar-refractivity contribution in [3.8, 4) is 11.5 Å². The molecule has 0 radical (unpaired) electrons. The predicted octanol–water partition coefficient (Wildman–Crippen LogP) is 4.97. The van der Waals surface area contributed by atoms with Gasteiger partial charge in [-0.25, -0.2) is 8.78 Å². The van der Waals surface area contributed by atoms with E-state index in [1.807, 2.05) is 0 Å². The van der Waals surface area contributed by atoms with E-state index in [-0.39, 0.29) is 18.1 Å². The molecule has 2 aromatic carbocycles. The number of alkyl halides is 2. The summed E-state index contributed by atoms with van der Waals surface area (Å²) < 4.78 is 36.6. The van der Waals surface area contributed by atoms with Gasteiger partial charge in [-0.1, -0.05) is 6.07 Å². The molecule has 0 saturated carbocycles. The first kappa shape index (κ1) is 24.1. The number of aldehydes is 1. The number of rotatable bonds is 10. The Morgan fingerprint density at radius 2 is 1.43 bits per heavy atom. The van der Waals surface area contributed by atoms with Gasteiger partial charge in [0.1, 0.15) is 6.29 Å². The minimum atomic E-state index is -0.524. The number of aliphatic hydroxyl groups is 1. The van der Waals surface area contributed by atoms with E-state index in [2.05, 4.69) is 0 Å². The summed E-state index contributed by atoms with van der Waals surface area (Å²) >= 11 is 10.9. The van der Waals surface area contributed by atoms with Crippen LogP contribution in [0, 0.1) is 11.6 Å². The van der Waals surface area contributed by atoms with Crippen LogP contribution in [0.3, 0.4) is 0 Å². The number of carbonyl (C=O) groups is 1. The molecule has 0 spiro atoms. The molecule has 2 aromatic rings. The van der Waals surface area contributed by atoms with Gasteiger partial charge in [-0.15, -0.1) is 23.2 Å². The van der Waals surface area contributed by atoms with Crippen LogP contribution in [0.2, 0.25) is 0 Å². The molecule has 0 aliphatic heterocycles. The van der Waals surface area contributed by atoms with Crippen LogP contribution in [-0.2, 0) is 6.61 Å². The molecule has 0 aromatic heterocycles. The van der Waals surface area contributed by atoms with Crippen LogP contribution in [0.15, 0.2) is 36.4 Å². The van der Waals surface area contributed by atoms with Crippen LogP contribution < -0.4 is 9.47 Å². The molecular weight excluding hydrogens is 413 g/mol. The maximum Gasteiger partial charge on any atom is 0.165 e. The summed E-state index contributed by atoms with van der Waals surface area (Å²) in [6.45, 7) is 0.610. The second-order valence-electron chi connectivity index (χ2n) is 5.51. The summed E-state index contributed by atoms with van der Waals surface area (Å²) in [5.74, 6) is 0.355. The molecule has 0 aliphatic carbocycles. The molecule has 4 nitrogen and oxygen atoms in total. The molecule has 0 saturated heterocycles. The zero-order valence-corrected chi connectivity index (χ0v) is 16.7. The van der Waals surface area contributed by atoms with Gasteiger partial charge in [0.05, 0.1) is 19.8 Å². The average Bonchev–Trinajstić information content (AvgIpc) is 2.71. The highest BCUT2D eigenvalue weighted by molar-refractivity contribution is 6.18. The SMILES string of the molecule is O=Cc1ccc(OCCCCl)c(F)c1.OCc1ccc(OCCCCl)c(F)c1. The summed E-state index contributed by atoms with van der Waals surface area (Å²) in [5, 5.41) is 8.74. The number of aliphatic hydroxyl groups excluding tert-OH is 1. The maximum absolute atomic E-state index is 13.2. The molecule has 0 unspecified atom stereocenters. The molecule has 0 atom stereocenters. The molecule has 8 heteroatoms. The third-order valence-electron chi connectivity index (χ3n) is 3.34. The molecule has 1 N–H and O–H groups in total. The molecule has 0 bridgehead atoms. The minimum Gasteiger partial charge on any atom is -0.490 e. The van der Waals surface area contributed by atoms with Crippen molar-refractivity contribution in [2.45, 2.75) is 19.4 Å². The Morgan fingerprint density at radius 1 is 0.893 bits per heavy atom. The topological polar surface area (TPSA) is 55.8 Å². The second-order valence-corrected chi connectivity index (χ2v) is 6.27. The van der Waals surface area contributed by atoms with Gasteiger partial charge in [-0.05, 0) is 48.7 Å². The fraction of sp³-hybridized carbons (Fsp3) is 0.350. The Hall–Kier alpha value is -1.89. The number of hydrogen-bond donors (Lipinski definition) is 1. The lowest BCUT2D eigenvalue weighted by atomic mass is 10.2. The Kier molecular flexibility index (Phi) is 12.2. The van der Waals surface area contributed by atoms with Crippen molar-refractivity contribution in [1.82, 2.24) is 0 Å². The standard InChI is InChI=1S/C10H12ClFO2.C10H10ClFO2/c2*11-4-1-5-14-10-3-2-8(7-13)6-9(10)12/h2-3,6,13H,1,4-5,7H2;2-3,6-7H,1,4-5H2. The van der Waals surface area contributed by atoms with Gasteiger partial charge in [0.2, 0.25) is 0 Å². The monoisotopic (exact) mass is 434 g/mol. The van der Waals surface area contributed by atoms with E-state index in [1.165, 1.54) is 24.3 Å². The molecule has 0 fully saturated rings. The largest absolute Gasteiger partial charge is 0.490 e. The number of ether oxygens (including phenoxy) is 2.